The van der Waals surface area contributed by atoms with E-state index >= 15 is 0 Å². The summed E-state index contributed by atoms with van der Waals surface area (Å²) in [7, 11) is 1.46. The van der Waals surface area contributed by atoms with Crippen molar-refractivity contribution in [2.75, 3.05) is 44.8 Å². The van der Waals surface area contributed by atoms with Crippen LogP contribution in [0.25, 0.3) is 11.1 Å². The minimum Gasteiger partial charge on any atom is -0.508 e. The number of nitrogens with zero attached hydrogens (tertiary/aromatic N) is 1. The first-order chi connectivity index (χ1) is 24.8. The van der Waals surface area contributed by atoms with E-state index in [0.717, 1.165) is 67.9 Å². The Morgan fingerprint density at radius 3 is 2.49 bits per heavy atom. The van der Waals surface area contributed by atoms with Crippen LogP contribution in [-0.2, 0) is 19.3 Å². The number of carbonyl (C=O) groups is 1. The van der Waals surface area contributed by atoms with E-state index in [1.807, 2.05) is 0 Å². The molecule has 0 bridgehead atoms. The zero-order valence-corrected chi connectivity index (χ0v) is 29.6. The maximum absolute atomic E-state index is 14.0. The van der Waals surface area contributed by atoms with Gasteiger partial charge in [-0.2, -0.15) is 0 Å². The van der Waals surface area contributed by atoms with Crippen LogP contribution in [0.5, 0.6) is 28.7 Å². The zero-order valence-electron chi connectivity index (χ0n) is 29.6. The highest BCUT2D eigenvalue weighted by atomic mass is 16.5. The molecular weight excluding hydrogens is 646 g/mol. The lowest BCUT2D eigenvalue weighted by atomic mass is 9.90. The molecule has 10 heteroatoms. The van der Waals surface area contributed by atoms with Gasteiger partial charge < -0.3 is 44.7 Å². The molecule has 1 atom stereocenters. The van der Waals surface area contributed by atoms with Crippen LogP contribution in [0.2, 0.25) is 0 Å². The number of Topliss-reactive ketones (excluding diaryl/α,β-unsaturated/α-hetero) is 1. The van der Waals surface area contributed by atoms with E-state index in [1.165, 1.54) is 18.4 Å². The van der Waals surface area contributed by atoms with Crippen molar-refractivity contribution >= 4 is 11.6 Å². The molecule has 0 spiro atoms. The molecule has 3 aromatic carbocycles. The Labute approximate surface area is 299 Å². The number of rotatable bonds is 12. The van der Waals surface area contributed by atoms with Crippen molar-refractivity contribution in [3.05, 3.63) is 82.5 Å². The number of aromatic hydroxyl groups is 2. The van der Waals surface area contributed by atoms with Crippen molar-refractivity contribution in [2.45, 2.75) is 76.4 Å². The van der Waals surface area contributed by atoms with Crippen molar-refractivity contribution in [3.63, 3.8) is 0 Å². The number of ether oxygens (including phenoxy) is 3. The van der Waals surface area contributed by atoms with Crippen LogP contribution < -0.4 is 24.4 Å². The fraction of sp³-hybridized carbons (Fsp3) is 0.439. The normalized spacial score (nSPS) is 18.4. The van der Waals surface area contributed by atoms with E-state index in [2.05, 4.69) is 52.5 Å². The number of ketones is 1. The summed E-state index contributed by atoms with van der Waals surface area (Å²) in [6.45, 7) is 6.08. The van der Waals surface area contributed by atoms with Crippen LogP contribution in [0.3, 0.4) is 0 Å². The van der Waals surface area contributed by atoms with Gasteiger partial charge in [0.05, 0.1) is 25.7 Å². The Morgan fingerprint density at radius 1 is 1.00 bits per heavy atom. The van der Waals surface area contributed by atoms with Gasteiger partial charge in [-0.25, -0.2) is 0 Å². The summed E-state index contributed by atoms with van der Waals surface area (Å²) < 4.78 is 18.6. The lowest BCUT2D eigenvalue weighted by Gasteiger charge is -2.31. The van der Waals surface area contributed by atoms with Crippen LogP contribution in [-0.4, -0.2) is 71.6 Å². The summed E-state index contributed by atoms with van der Waals surface area (Å²) in [6.07, 6.45) is 5.09. The van der Waals surface area contributed by atoms with Gasteiger partial charge in [0.25, 0.3) is 0 Å². The van der Waals surface area contributed by atoms with Gasteiger partial charge in [-0.15, -0.1) is 0 Å². The molecule has 10 nitrogen and oxygen atoms in total. The van der Waals surface area contributed by atoms with Crippen molar-refractivity contribution in [1.82, 2.24) is 10.3 Å². The van der Waals surface area contributed by atoms with Crippen molar-refractivity contribution in [3.8, 4) is 39.9 Å². The minimum absolute atomic E-state index is 0.0549. The quantitative estimate of drug-likeness (QED) is 0.111. The molecule has 3 aliphatic rings. The highest BCUT2D eigenvalue weighted by Crippen LogP contribution is 2.53. The largest absolute Gasteiger partial charge is 0.508 e. The number of methoxy groups -OCH3 is 1. The molecule has 7 rings (SSSR count). The summed E-state index contributed by atoms with van der Waals surface area (Å²) >= 11 is 0. The predicted octanol–water partition coefficient (Wildman–Crippen LogP) is 6.64. The standard InChI is InChI=1S/C41H49N3O7/c1-3-29-24-32(40(43-29)44-20-18-42-19-21-44)28-8-6-7-26(23-28)9-14-31-36(47)39(49-2)38(50-22-17-41(48)15-4-5-16-41)35-33(46)25-34(51-37(31)35)27-10-12-30(45)13-11-27/h6-8,10-13,23-24,34,42-43,45,47-48H,3-5,9,14-22,25H2,1-2H3. The number of hydrogen-bond donors (Lipinski definition) is 5. The van der Waals surface area contributed by atoms with Gasteiger partial charge in [-0.05, 0) is 67.0 Å². The summed E-state index contributed by atoms with van der Waals surface area (Å²) in [4.78, 5) is 20.1. The van der Waals surface area contributed by atoms with Crippen LogP contribution >= 0.6 is 0 Å². The van der Waals surface area contributed by atoms with E-state index < -0.39 is 11.7 Å². The topological polar surface area (TPSA) is 137 Å². The van der Waals surface area contributed by atoms with Crippen molar-refractivity contribution < 1.29 is 34.3 Å². The summed E-state index contributed by atoms with van der Waals surface area (Å²) in [5.41, 5.74) is 5.23. The van der Waals surface area contributed by atoms with Crippen molar-refractivity contribution in [2.24, 2.45) is 0 Å². The Bertz CT molecular complexity index is 1860. The van der Waals surface area contributed by atoms with E-state index in [1.54, 1.807) is 24.3 Å². The molecule has 51 heavy (non-hydrogen) atoms. The minimum atomic E-state index is -0.793. The lowest BCUT2D eigenvalue weighted by Crippen LogP contribution is -2.43. The number of anilines is 1. The molecule has 1 unspecified atom stereocenters. The maximum Gasteiger partial charge on any atom is 0.204 e. The molecule has 0 amide bonds. The Balaban J connectivity index is 1.22. The van der Waals surface area contributed by atoms with Crippen LogP contribution in [0.1, 0.15) is 84.3 Å². The first kappa shape index (κ1) is 34.8. The van der Waals surface area contributed by atoms with Gasteiger partial charge >= 0.3 is 0 Å². The molecule has 3 heterocycles. The first-order valence-electron chi connectivity index (χ1n) is 18.3. The highest BCUT2D eigenvalue weighted by molar-refractivity contribution is 6.04. The number of phenols is 2. The number of aromatic amines is 1. The fourth-order valence-corrected chi connectivity index (χ4v) is 7.83. The summed E-state index contributed by atoms with van der Waals surface area (Å²) in [5.74, 6) is 1.47. The number of aryl methyl sites for hydroxylation is 2. The molecule has 1 saturated carbocycles. The van der Waals surface area contributed by atoms with Gasteiger partial charge in [-0.1, -0.05) is 56.2 Å². The number of H-pyrrole nitrogens is 1. The zero-order chi connectivity index (χ0) is 35.5. The third kappa shape index (κ3) is 7.25. The molecule has 1 aromatic heterocycles. The van der Waals surface area contributed by atoms with Crippen LogP contribution in [0, 0.1) is 0 Å². The average Bonchev–Trinajstić information content (AvgIpc) is 3.79. The van der Waals surface area contributed by atoms with Gasteiger partial charge in [0.2, 0.25) is 5.75 Å². The molecule has 2 aliphatic heterocycles. The lowest BCUT2D eigenvalue weighted by molar-refractivity contribution is 0.0252. The molecule has 0 radical (unpaired) electrons. The van der Waals surface area contributed by atoms with Crippen molar-refractivity contribution in [1.29, 1.82) is 0 Å². The number of carbonyl (C=O) groups excluding carboxylic acids is 1. The second kappa shape index (κ2) is 14.9. The Morgan fingerprint density at radius 2 is 1.76 bits per heavy atom. The summed E-state index contributed by atoms with van der Waals surface area (Å²) in [5, 5.41) is 36.1. The second-order valence-corrected chi connectivity index (χ2v) is 14.1. The number of aliphatic hydroxyl groups is 1. The number of aromatic nitrogens is 1. The average molecular weight is 696 g/mol. The van der Waals surface area contributed by atoms with Gasteiger partial charge in [0.1, 0.15) is 29.0 Å². The molecule has 2 fully saturated rings. The molecule has 5 N–H and O–H groups in total. The van der Waals surface area contributed by atoms with E-state index in [0.29, 0.717) is 37.7 Å². The molecule has 1 saturated heterocycles. The number of piperazine rings is 1. The van der Waals surface area contributed by atoms with Gasteiger partial charge in [0, 0.05) is 49.4 Å². The van der Waals surface area contributed by atoms with Gasteiger partial charge in [0.15, 0.2) is 17.3 Å². The van der Waals surface area contributed by atoms with E-state index in [9.17, 15) is 20.1 Å². The number of hydrogen-bond acceptors (Lipinski definition) is 9. The Hall–Kier alpha value is -4.67. The van der Waals surface area contributed by atoms with E-state index in [-0.39, 0.29) is 53.1 Å². The predicted molar refractivity (Wildman–Crippen MR) is 197 cm³/mol. The second-order valence-electron chi connectivity index (χ2n) is 14.1. The van der Waals surface area contributed by atoms with Crippen LogP contribution in [0.4, 0.5) is 5.82 Å². The third-order valence-electron chi connectivity index (χ3n) is 10.7. The number of fused-ring (bicyclic) bond motifs is 1. The highest BCUT2D eigenvalue weighted by Gasteiger charge is 2.38. The number of nitrogens with one attached hydrogen (secondary N) is 2. The monoisotopic (exact) mass is 695 g/mol. The SMILES string of the molecule is CCc1cc(-c2cccc(CCc3c(O)c(OC)c(OCCC4(O)CCCC4)c4c3OC(c3ccc(O)cc3)CC4=O)c2)c(N2CCNCC2)[nH]1. The third-order valence-corrected chi connectivity index (χ3v) is 10.7. The van der Waals surface area contributed by atoms with Gasteiger partial charge in [-0.3, -0.25) is 4.79 Å². The number of benzene rings is 3. The molecule has 1 aliphatic carbocycles. The smallest absolute Gasteiger partial charge is 0.204 e. The fourth-order valence-electron chi connectivity index (χ4n) is 7.83. The molecule has 270 valence electrons. The molecular formula is C41H49N3O7. The van der Waals surface area contributed by atoms with Crippen LogP contribution in [0.15, 0.2) is 54.6 Å². The number of phenolic OH excluding ortho intramolecular Hbond substituents is 2. The Kier molecular flexibility index (Phi) is 10.2. The maximum atomic E-state index is 14.0. The first-order valence-corrected chi connectivity index (χ1v) is 18.3. The van der Waals surface area contributed by atoms with E-state index in [4.69, 9.17) is 14.2 Å². The molecule has 4 aromatic rings. The summed E-state index contributed by atoms with van der Waals surface area (Å²) in [6, 6.07) is 17.4.